The molecule has 3 aromatic heterocycles. The molecule has 1 unspecified atom stereocenters. The number of fused-ring (bicyclic) bond motifs is 1. The molecule has 0 N–H and O–H groups in total. The number of nitrogens with zero attached hydrogens (tertiary/aromatic N) is 5. The quantitative estimate of drug-likeness (QED) is 0.299. The van der Waals surface area contributed by atoms with Crippen LogP contribution < -0.4 is 16.0 Å². The van der Waals surface area contributed by atoms with Crippen molar-refractivity contribution in [2.24, 2.45) is 0 Å². The van der Waals surface area contributed by atoms with Crippen molar-refractivity contribution < 1.29 is 18.7 Å². The van der Waals surface area contributed by atoms with Crippen molar-refractivity contribution in [3.8, 4) is 16.6 Å². The topological polar surface area (TPSA) is 122 Å². The Labute approximate surface area is 235 Å². The molecule has 0 aliphatic carbocycles. The molecule has 0 spiro atoms. The smallest absolute Gasteiger partial charge is 0.333 e. The number of rotatable bonds is 9. The first kappa shape index (κ1) is 27.8. The van der Waals surface area contributed by atoms with Crippen molar-refractivity contribution in [2.45, 2.75) is 64.8 Å². The number of carbonyl (C=O) groups excluding carboxylic acids is 1. The van der Waals surface area contributed by atoms with Gasteiger partial charge in [-0.05, 0) is 46.6 Å². The summed E-state index contributed by atoms with van der Waals surface area (Å²) < 4.78 is 19.8. The van der Waals surface area contributed by atoms with Gasteiger partial charge in [0.2, 0.25) is 5.91 Å². The van der Waals surface area contributed by atoms with Crippen LogP contribution in [0.2, 0.25) is 0 Å². The Morgan fingerprint density at radius 1 is 1.18 bits per heavy atom. The van der Waals surface area contributed by atoms with Crippen molar-refractivity contribution in [1.82, 2.24) is 24.0 Å². The van der Waals surface area contributed by atoms with Crippen LogP contribution in [0.5, 0.6) is 5.75 Å². The zero-order chi connectivity index (χ0) is 28.6. The van der Waals surface area contributed by atoms with Crippen LogP contribution in [0.3, 0.4) is 0 Å². The summed E-state index contributed by atoms with van der Waals surface area (Å²) in [6.07, 6.45) is 3.90. The molecule has 1 saturated heterocycles. The summed E-state index contributed by atoms with van der Waals surface area (Å²) in [4.78, 5) is 52.6. The highest BCUT2D eigenvalue weighted by atomic mass is 32.1. The van der Waals surface area contributed by atoms with Gasteiger partial charge in [0, 0.05) is 18.7 Å². The van der Waals surface area contributed by atoms with Gasteiger partial charge in [-0.3, -0.25) is 14.2 Å². The molecular weight excluding hydrogens is 534 g/mol. The number of methoxy groups -OCH3 is 1. The number of carbonyl (C=O) groups is 1. The van der Waals surface area contributed by atoms with Gasteiger partial charge >= 0.3 is 5.69 Å². The number of para-hydroxylation sites is 1. The highest BCUT2D eigenvalue weighted by molar-refractivity contribution is 7.21. The van der Waals surface area contributed by atoms with E-state index in [1.165, 1.54) is 17.0 Å². The predicted octanol–water partition coefficient (Wildman–Crippen LogP) is 3.81. The number of amides is 1. The van der Waals surface area contributed by atoms with Crippen LogP contribution in [0.4, 0.5) is 0 Å². The predicted molar refractivity (Wildman–Crippen MR) is 151 cm³/mol. The first-order valence-corrected chi connectivity index (χ1v) is 14.1. The molecular formula is C28H33N5O6S. The molecule has 4 heterocycles. The highest BCUT2D eigenvalue weighted by Crippen LogP contribution is 2.33. The van der Waals surface area contributed by atoms with Crippen molar-refractivity contribution in [1.29, 1.82) is 0 Å². The molecule has 0 saturated carbocycles. The number of thiazole rings is 1. The van der Waals surface area contributed by atoms with Crippen molar-refractivity contribution in [3.05, 3.63) is 63.1 Å². The third-order valence-corrected chi connectivity index (χ3v) is 8.11. The average Bonchev–Trinajstić information content (AvgIpc) is 3.71. The van der Waals surface area contributed by atoms with E-state index < -0.39 is 22.9 Å². The molecule has 5 rings (SSSR count). The zero-order valence-corrected chi connectivity index (χ0v) is 24.1. The third-order valence-electron chi connectivity index (χ3n) is 7.04. The molecule has 1 fully saturated rings. The molecule has 0 radical (unpaired) electrons. The van der Waals surface area contributed by atoms with E-state index in [-0.39, 0.29) is 30.0 Å². The Morgan fingerprint density at radius 2 is 1.90 bits per heavy atom. The fourth-order valence-electron chi connectivity index (χ4n) is 5.15. The lowest BCUT2D eigenvalue weighted by molar-refractivity contribution is -0.138. The van der Waals surface area contributed by atoms with Crippen molar-refractivity contribution >= 4 is 27.6 Å². The minimum atomic E-state index is -1.44. The molecule has 1 aliphatic heterocycles. The highest BCUT2D eigenvalue weighted by Gasteiger charge is 2.39. The number of hydrogen-bond acceptors (Lipinski definition) is 9. The van der Waals surface area contributed by atoms with E-state index in [1.807, 2.05) is 38.1 Å². The van der Waals surface area contributed by atoms with Crippen LogP contribution in [0.1, 0.15) is 52.2 Å². The van der Waals surface area contributed by atoms with Crippen LogP contribution in [0.15, 0.2) is 50.7 Å². The summed E-state index contributed by atoms with van der Waals surface area (Å²) in [7, 11) is 1.58. The number of aromatic nitrogens is 4. The Bertz CT molecular complexity index is 1630. The first-order chi connectivity index (χ1) is 19.1. The summed E-state index contributed by atoms with van der Waals surface area (Å²) in [6.45, 7) is 8.27. The van der Waals surface area contributed by atoms with E-state index in [1.54, 1.807) is 25.9 Å². The van der Waals surface area contributed by atoms with E-state index >= 15 is 0 Å². The number of hydrogen-bond donors (Lipinski definition) is 0. The summed E-state index contributed by atoms with van der Waals surface area (Å²) in [6, 6.07) is 7.45. The van der Waals surface area contributed by atoms with Crippen molar-refractivity contribution in [2.75, 3.05) is 20.2 Å². The molecule has 40 heavy (non-hydrogen) atoms. The summed E-state index contributed by atoms with van der Waals surface area (Å²) >= 11 is 1.13. The molecule has 11 nitrogen and oxygen atoms in total. The number of oxazole rings is 1. The van der Waals surface area contributed by atoms with Crippen molar-refractivity contribution in [3.63, 3.8) is 0 Å². The lowest BCUT2D eigenvalue weighted by Crippen LogP contribution is -2.56. The lowest BCUT2D eigenvalue weighted by atomic mass is 10.0. The van der Waals surface area contributed by atoms with Gasteiger partial charge in [0.15, 0.2) is 10.5 Å². The standard InChI is InChI=1S/C28H33N5O6S/c1-17(2)39-20(18-10-6-7-11-19(18)37-5)16-32-25-21(30-23(40-25)22-29-12-15-38-22)24(34)33(27(32)36)28(3,4)26(35)31-13-8-9-14-31/h6-7,10-12,15,17,20H,8-9,13-14,16H2,1-5H3. The average molecular weight is 568 g/mol. The van der Waals surface area contributed by atoms with E-state index in [9.17, 15) is 14.4 Å². The fraction of sp³-hybridized carbons (Fsp3) is 0.464. The van der Waals surface area contributed by atoms with Crippen LogP contribution >= 0.6 is 11.3 Å². The number of ether oxygens (including phenoxy) is 2. The van der Waals surface area contributed by atoms with Crippen LogP contribution in [-0.4, -0.2) is 56.2 Å². The Hall–Kier alpha value is -3.77. The van der Waals surface area contributed by atoms with Gasteiger partial charge in [0.1, 0.15) is 28.5 Å². The molecule has 212 valence electrons. The Balaban J connectivity index is 1.73. The summed E-state index contributed by atoms with van der Waals surface area (Å²) in [5.74, 6) is 0.566. The van der Waals surface area contributed by atoms with Crippen LogP contribution in [0.25, 0.3) is 21.2 Å². The fourth-order valence-corrected chi connectivity index (χ4v) is 6.15. The van der Waals surface area contributed by atoms with Gasteiger partial charge in [0.05, 0.1) is 26.0 Å². The zero-order valence-electron chi connectivity index (χ0n) is 23.2. The molecule has 1 atom stereocenters. The minimum Gasteiger partial charge on any atom is -0.496 e. The van der Waals surface area contributed by atoms with Gasteiger partial charge < -0.3 is 18.8 Å². The molecule has 1 aromatic carbocycles. The number of benzene rings is 1. The maximum atomic E-state index is 14.3. The Morgan fingerprint density at radius 3 is 2.55 bits per heavy atom. The van der Waals surface area contributed by atoms with Crippen LogP contribution in [-0.2, 0) is 21.6 Å². The molecule has 0 bridgehead atoms. The normalized spacial score (nSPS) is 14.8. The SMILES string of the molecule is COc1ccccc1C(Cn1c(=O)n(C(C)(C)C(=O)N2CCCC2)c(=O)c2nc(-c3ncco3)sc21)OC(C)C. The molecule has 1 aliphatic rings. The second-order valence-corrected chi connectivity index (χ2v) is 11.5. The minimum absolute atomic E-state index is 0.0510. The molecule has 1 amide bonds. The van der Waals surface area contributed by atoms with Gasteiger partial charge in [-0.2, -0.15) is 0 Å². The van der Waals surface area contributed by atoms with Gasteiger partial charge in [-0.15, -0.1) is 0 Å². The first-order valence-electron chi connectivity index (χ1n) is 13.3. The largest absolute Gasteiger partial charge is 0.496 e. The van der Waals surface area contributed by atoms with E-state index in [4.69, 9.17) is 13.9 Å². The second kappa shape index (κ2) is 11.0. The third kappa shape index (κ3) is 4.97. The lowest BCUT2D eigenvalue weighted by Gasteiger charge is -2.31. The monoisotopic (exact) mass is 567 g/mol. The van der Waals surface area contributed by atoms with Gasteiger partial charge in [0.25, 0.3) is 11.4 Å². The maximum Gasteiger partial charge on any atom is 0.333 e. The van der Waals surface area contributed by atoms with Crippen LogP contribution in [0, 0.1) is 0 Å². The molecule has 12 heteroatoms. The summed E-state index contributed by atoms with van der Waals surface area (Å²) in [5.41, 5.74) is -1.89. The molecule has 4 aromatic rings. The van der Waals surface area contributed by atoms with E-state index in [0.29, 0.717) is 28.7 Å². The summed E-state index contributed by atoms with van der Waals surface area (Å²) in [5, 5.41) is 0.352. The Kier molecular flexibility index (Phi) is 7.65. The van der Waals surface area contributed by atoms with E-state index in [0.717, 1.165) is 34.3 Å². The van der Waals surface area contributed by atoms with Gasteiger partial charge in [-0.1, -0.05) is 29.5 Å². The van der Waals surface area contributed by atoms with E-state index in [2.05, 4.69) is 9.97 Å². The van der Waals surface area contributed by atoms with Gasteiger partial charge in [-0.25, -0.2) is 19.3 Å². The maximum absolute atomic E-state index is 14.3. The number of likely N-dealkylation sites (tertiary alicyclic amines) is 1. The second-order valence-electron chi connectivity index (χ2n) is 10.5.